The normalized spacial score (nSPS) is 14.7. The van der Waals surface area contributed by atoms with Crippen molar-refractivity contribution < 1.29 is 14.3 Å². The molecule has 0 atom stereocenters. The molecule has 2 aromatic rings. The Labute approximate surface area is 144 Å². The largest absolute Gasteiger partial charge is 0.375 e. The number of hydrogen-bond acceptors (Lipinski definition) is 6. The first-order chi connectivity index (χ1) is 11.7. The summed E-state index contributed by atoms with van der Waals surface area (Å²) in [7, 11) is 1.50. The quantitative estimate of drug-likeness (QED) is 0.830. The lowest BCUT2D eigenvalue weighted by Gasteiger charge is -2.34. The molecule has 24 heavy (non-hydrogen) atoms. The molecule has 1 aliphatic rings. The Morgan fingerprint density at radius 2 is 1.79 bits per heavy atom. The number of benzene rings is 1. The van der Waals surface area contributed by atoms with Gasteiger partial charge in [0.15, 0.2) is 5.82 Å². The zero-order valence-electron chi connectivity index (χ0n) is 13.3. The van der Waals surface area contributed by atoms with Gasteiger partial charge in [-0.1, -0.05) is 30.3 Å². The van der Waals surface area contributed by atoms with Crippen LogP contribution < -0.4 is 0 Å². The second kappa shape index (κ2) is 7.50. The minimum Gasteiger partial charge on any atom is -0.375 e. The average Bonchev–Trinajstić information content (AvgIpc) is 3.12. The van der Waals surface area contributed by atoms with Gasteiger partial charge in [0, 0.05) is 38.9 Å². The van der Waals surface area contributed by atoms with Crippen LogP contribution >= 0.6 is 11.5 Å². The lowest BCUT2D eigenvalue weighted by molar-refractivity contribution is -0.136. The fourth-order valence-electron chi connectivity index (χ4n) is 2.52. The molecule has 7 nitrogen and oxygen atoms in total. The molecule has 0 unspecified atom stereocenters. The number of amides is 2. The summed E-state index contributed by atoms with van der Waals surface area (Å²) in [4.78, 5) is 32.1. The van der Waals surface area contributed by atoms with Gasteiger partial charge in [-0.25, -0.2) is 4.98 Å². The van der Waals surface area contributed by atoms with E-state index in [-0.39, 0.29) is 18.4 Å². The zero-order valence-corrected chi connectivity index (χ0v) is 14.2. The number of piperazine rings is 1. The third-order valence-corrected chi connectivity index (χ3v) is 4.53. The highest BCUT2D eigenvalue weighted by Gasteiger charge is 2.26. The molecule has 0 radical (unpaired) electrons. The number of carbonyl (C=O) groups is 2. The lowest BCUT2D eigenvalue weighted by Crippen LogP contribution is -2.51. The molecule has 126 valence electrons. The third-order valence-electron chi connectivity index (χ3n) is 3.83. The Morgan fingerprint density at radius 3 is 2.46 bits per heavy atom. The highest BCUT2D eigenvalue weighted by Crippen LogP contribution is 2.19. The van der Waals surface area contributed by atoms with Gasteiger partial charge in [0.05, 0.1) is 0 Å². The molecule has 1 aromatic heterocycles. The molecule has 0 aliphatic carbocycles. The molecular weight excluding hydrogens is 328 g/mol. The van der Waals surface area contributed by atoms with E-state index in [4.69, 9.17) is 4.74 Å². The summed E-state index contributed by atoms with van der Waals surface area (Å²) in [5.41, 5.74) is 0.891. The molecule has 0 N–H and O–H groups in total. The molecule has 0 spiro atoms. The van der Waals surface area contributed by atoms with Gasteiger partial charge >= 0.3 is 0 Å². The van der Waals surface area contributed by atoms with Crippen molar-refractivity contribution in [1.82, 2.24) is 19.2 Å². The Morgan fingerprint density at radius 1 is 1.12 bits per heavy atom. The molecule has 1 saturated heterocycles. The lowest BCUT2D eigenvalue weighted by atomic mass is 10.2. The van der Waals surface area contributed by atoms with Crippen molar-refractivity contribution in [3.8, 4) is 11.4 Å². The number of ether oxygens (including phenoxy) is 1. The maximum Gasteiger partial charge on any atom is 0.284 e. The van der Waals surface area contributed by atoms with E-state index >= 15 is 0 Å². The van der Waals surface area contributed by atoms with Gasteiger partial charge in [-0.3, -0.25) is 9.59 Å². The number of nitrogens with zero attached hydrogens (tertiary/aromatic N) is 4. The minimum atomic E-state index is -0.131. The SMILES string of the molecule is COCC(=O)N1CCN(C(=O)c2nc(-c3ccccc3)ns2)CC1. The Balaban J connectivity index is 1.62. The summed E-state index contributed by atoms with van der Waals surface area (Å²) in [6.07, 6.45) is 0. The van der Waals surface area contributed by atoms with Crippen LogP contribution in [0.1, 0.15) is 9.80 Å². The summed E-state index contributed by atoms with van der Waals surface area (Å²) < 4.78 is 9.13. The van der Waals surface area contributed by atoms with Gasteiger partial charge < -0.3 is 14.5 Å². The molecule has 0 saturated carbocycles. The average molecular weight is 346 g/mol. The van der Waals surface area contributed by atoms with E-state index in [0.29, 0.717) is 37.0 Å². The summed E-state index contributed by atoms with van der Waals surface area (Å²) in [5.74, 6) is 0.387. The van der Waals surface area contributed by atoms with Crippen LogP contribution in [0.15, 0.2) is 30.3 Å². The summed E-state index contributed by atoms with van der Waals surface area (Å²) in [6.45, 7) is 2.09. The predicted molar refractivity (Wildman–Crippen MR) is 89.7 cm³/mol. The molecule has 1 fully saturated rings. The first-order valence-electron chi connectivity index (χ1n) is 7.64. The maximum atomic E-state index is 12.6. The topological polar surface area (TPSA) is 75.6 Å². The van der Waals surface area contributed by atoms with Gasteiger partial charge in [0.2, 0.25) is 10.9 Å². The van der Waals surface area contributed by atoms with Gasteiger partial charge in [0.25, 0.3) is 5.91 Å². The van der Waals surface area contributed by atoms with E-state index in [1.807, 2.05) is 30.3 Å². The molecule has 8 heteroatoms. The van der Waals surface area contributed by atoms with E-state index in [0.717, 1.165) is 17.1 Å². The Kier molecular flexibility index (Phi) is 5.17. The van der Waals surface area contributed by atoms with Crippen molar-refractivity contribution in [2.45, 2.75) is 0 Å². The van der Waals surface area contributed by atoms with Crippen LogP contribution in [0.2, 0.25) is 0 Å². The minimum absolute atomic E-state index is 0.0492. The molecule has 0 bridgehead atoms. The molecule has 2 heterocycles. The van der Waals surface area contributed by atoms with Crippen molar-refractivity contribution in [3.05, 3.63) is 35.3 Å². The fraction of sp³-hybridized carbons (Fsp3) is 0.375. The number of hydrogen-bond donors (Lipinski definition) is 0. The second-order valence-electron chi connectivity index (χ2n) is 5.40. The number of carbonyl (C=O) groups excluding carboxylic acids is 2. The van der Waals surface area contributed by atoms with Gasteiger partial charge in [-0.2, -0.15) is 4.37 Å². The summed E-state index contributed by atoms with van der Waals surface area (Å²) in [6, 6.07) is 9.57. The van der Waals surface area contributed by atoms with E-state index in [2.05, 4.69) is 9.36 Å². The van der Waals surface area contributed by atoms with Crippen LogP contribution in [0.4, 0.5) is 0 Å². The predicted octanol–water partition coefficient (Wildman–Crippen LogP) is 1.14. The molecular formula is C16H18N4O3S. The highest BCUT2D eigenvalue weighted by atomic mass is 32.1. The van der Waals surface area contributed by atoms with Crippen molar-refractivity contribution in [3.63, 3.8) is 0 Å². The standard InChI is InChI=1S/C16H18N4O3S/c1-23-11-13(21)19-7-9-20(10-8-19)16(22)15-17-14(18-24-15)12-5-3-2-4-6-12/h2-6H,7-11H2,1H3. The van der Waals surface area contributed by atoms with Crippen LogP contribution in [0.3, 0.4) is 0 Å². The molecule has 1 aromatic carbocycles. The molecule has 1 aliphatic heterocycles. The Bertz CT molecular complexity index is 711. The van der Waals surface area contributed by atoms with Crippen LogP contribution in [-0.2, 0) is 9.53 Å². The summed E-state index contributed by atoms with van der Waals surface area (Å²) in [5, 5.41) is 0.380. The number of rotatable bonds is 4. The molecule has 2 amide bonds. The van der Waals surface area contributed by atoms with Crippen LogP contribution in [-0.4, -0.2) is 70.9 Å². The monoisotopic (exact) mass is 346 g/mol. The van der Waals surface area contributed by atoms with Gasteiger partial charge in [0.1, 0.15) is 6.61 Å². The highest BCUT2D eigenvalue weighted by molar-refractivity contribution is 7.07. The van der Waals surface area contributed by atoms with Crippen LogP contribution in [0, 0.1) is 0 Å². The second-order valence-corrected chi connectivity index (χ2v) is 6.15. The van der Waals surface area contributed by atoms with Crippen molar-refractivity contribution >= 4 is 23.3 Å². The van der Waals surface area contributed by atoms with Crippen molar-refractivity contribution in [1.29, 1.82) is 0 Å². The van der Waals surface area contributed by atoms with Gasteiger partial charge in [-0.05, 0) is 11.5 Å². The van der Waals surface area contributed by atoms with E-state index < -0.39 is 0 Å². The maximum absolute atomic E-state index is 12.6. The first-order valence-corrected chi connectivity index (χ1v) is 8.41. The Hall–Kier alpha value is -2.32. The van der Waals surface area contributed by atoms with Crippen molar-refractivity contribution in [2.24, 2.45) is 0 Å². The first kappa shape index (κ1) is 16.5. The summed E-state index contributed by atoms with van der Waals surface area (Å²) >= 11 is 1.11. The van der Waals surface area contributed by atoms with Gasteiger partial charge in [-0.15, -0.1) is 0 Å². The van der Waals surface area contributed by atoms with E-state index in [9.17, 15) is 9.59 Å². The third kappa shape index (κ3) is 3.60. The number of methoxy groups -OCH3 is 1. The molecule has 3 rings (SSSR count). The fourth-order valence-corrected chi connectivity index (χ4v) is 3.18. The van der Waals surface area contributed by atoms with Crippen LogP contribution in [0.25, 0.3) is 11.4 Å². The van der Waals surface area contributed by atoms with E-state index in [1.165, 1.54) is 7.11 Å². The van der Waals surface area contributed by atoms with Crippen LogP contribution in [0.5, 0.6) is 0 Å². The van der Waals surface area contributed by atoms with E-state index in [1.54, 1.807) is 9.80 Å². The number of aromatic nitrogens is 2. The van der Waals surface area contributed by atoms with Crippen molar-refractivity contribution in [2.75, 3.05) is 39.9 Å². The zero-order chi connectivity index (χ0) is 16.9. The smallest absolute Gasteiger partial charge is 0.284 e.